The average Bonchev–Trinajstić information content (AvgIpc) is 3.14. The smallest absolute Gasteiger partial charge is 0.289 e. The lowest BCUT2D eigenvalue weighted by molar-refractivity contribution is -0.128. The van der Waals surface area contributed by atoms with Gasteiger partial charge in [-0.2, -0.15) is 0 Å². The Balaban J connectivity index is 1.57. The fraction of sp³-hybridized carbons (Fsp3) is 0.625. The van der Waals surface area contributed by atoms with Gasteiger partial charge in [0.25, 0.3) is 5.91 Å². The first-order chi connectivity index (χ1) is 10.6. The summed E-state index contributed by atoms with van der Waals surface area (Å²) in [5, 5.41) is 0. The molecule has 6 nitrogen and oxygen atoms in total. The SMILES string of the molecule is COCCN1CC2(CCN(C(=O)c3ccco3)CC2)CC1=O. The number of hydrogen-bond donors (Lipinski definition) is 0. The highest BCUT2D eigenvalue weighted by Gasteiger charge is 2.45. The van der Waals surface area contributed by atoms with E-state index in [1.807, 2.05) is 9.80 Å². The van der Waals surface area contributed by atoms with E-state index in [0.717, 1.165) is 19.4 Å². The number of furan rings is 1. The van der Waals surface area contributed by atoms with Crippen molar-refractivity contribution in [2.75, 3.05) is 39.9 Å². The molecule has 0 radical (unpaired) electrons. The summed E-state index contributed by atoms with van der Waals surface area (Å²) in [6.45, 7) is 3.39. The Labute approximate surface area is 130 Å². The Kier molecular flexibility index (Phi) is 4.20. The number of methoxy groups -OCH3 is 1. The minimum Gasteiger partial charge on any atom is -0.459 e. The summed E-state index contributed by atoms with van der Waals surface area (Å²) in [6, 6.07) is 3.42. The first kappa shape index (κ1) is 15.1. The second kappa shape index (κ2) is 6.12. The third-order valence-corrected chi connectivity index (χ3v) is 4.81. The number of rotatable bonds is 4. The zero-order chi connectivity index (χ0) is 15.6. The van der Waals surface area contributed by atoms with Gasteiger partial charge in [0.15, 0.2) is 5.76 Å². The van der Waals surface area contributed by atoms with Gasteiger partial charge in [-0.25, -0.2) is 0 Å². The minimum atomic E-state index is -0.0552. The van der Waals surface area contributed by atoms with Gasteiger partial charge in [-0.15, -0.1) is 0 Å². The summed E-state index contributed by atoms with van der Waals surface area (Å²) < 4.78 is 10.2. The molecule has 3 rings (SSSR count). The Bertz CT molecular complexity index is 532. The van der Waals surface area contributed by atoms with Crippen LogP contribution in [0.25, 0.3) is 0 Å². The molecule has 1 spiro atoms. The standard InChI is InChI=1S/C16H22N2O4/c1-21-10-8-18-12-16(11-14(18)19)4-6-17(7-5-16)15(20)13-3-2-9-22-13/h2-3,9H,4-8,10-12H2,1H3. The van der Waals surface area contributed by atoms with E-state index in [9.17, 15) is 9.59 Å². The van der Waals surface area contributed by atoms with E-state index in [-0.39, 0.29) is 17.2 Å². The number of nitrogens with zero attached hydrogens (tertiary/aromatic N) is 2. The van der Waals surface area contributed by atoms with Crippen molar-refractivity contribution in [2.45, 2.75) is 19.3 Å². The number of ether oxygens (including phenoxy) is 1. The molecule has 2 aliphatic rings. The van der Waals surface area contributed by atoms with Crippen LogP contribution in [0.15, 0.2) is 22.8 Å². The molecule has 1 aromatic rings. The van der Waals surface area contributed by atoms with Crippen molar-refractivity contribution in [3.05, 3.63) is 24.2 Å². The molecule has 0 aromatic carbocycles. The molecule has 0 aliphatic carbocycles. The molecule has 0 bridgehead atoms. The second-order valence-electron chi connectivity index (χ2n) is 6.25. The van der Waals surface area contributed by atoms with E-state index in [1.165, 1.54) is 6.26 Å². The van der Waals surface area contributed by atoms with Crippen molar-refractivity contribution < 1.29 is 18.7 Å². The highest BCUT2D eigenvalue weighted by Crippen LogP contribution is 2.41. The van der Waals surface area contributed by atoms with Crippen LogP contribution in [0.5, 0.6) is 0 Å². The predicted molar refractivity (Wildman–Crippen MR) is 79.4 cm³/mol. The molecular weight excluding hydrogens is 284 g/mol. The molecule has 2 aliphatic heterocycles. The van der Waals surface area contributed by atoms with Crippen molar-refractivity contribution in [3.8, 4) is 0 Å². The number of hydrogen-bond acceptors (Lipinski definition) is 4. The Morgan fingerprint density at radius 3 is 2.82 bits per heavy atom. The quantitative estimate of drug-likeness (QED) is 0.843. The van der Waals surface area contributed by atoms with Gasteiger partial charge in [0.1, 0.15) is 0 Å². The third-order valence-electron chi connectivity index (χ3n) is 4.81. The summed E-state index contributed by atoms with van der Waals surface area (Å²) in [4.78, 5) is 28.1. The van der Waals surface area contributed by atoms with Gasteiger partial charge in [0.05, 0.1) is 12.9 Å². The molecule has 1 aromatic heterocycles. The Morgan fingerprint density at radius 2 is 2.18 bits per heavy atom. The van der Waals surface area contributed by atoms with Gasteiger partial charge in [0.2, 0.25) is 5.91 Å². The number of likely N-dealkylation sites (tertiary alicyclic amines) is 2. The molecule has 0 unspecified atom stereocenters. The van der Waals surface area contributed by atoms with E-state index in [4.69, 9.17) is 9.15 Å². The zero-order valence-corrected chi connectivity index (χ0v) is 12.9. The van der Waals surface area contributed by atoms with Gasteiger partial charge in [-0.05, 0) is 25.0 Å². The van der Waals surface area contributed by atoms with Crippen molar-refractivity contribution in [3.63, 3.8) is 0 Å². The Morgan fingerprint density at radius 1 is 1.41 bits per heavy atom. The monoisotopic (exact) mass is 306 g/mol. The number of amides is 2. The highest BCUT2D eigenvalue weighted by molar-refractivity contribution is 5.91. The second-order valence-corrected chi connectivity index (χ2v) is 6.25. The molecule has 2 fully saturated rings. The molecule has 2 amide bonds. The molecule has 120 valence electrons. The van der Waals surface area contributed by atoms with Gasteiger partial charge >= 0.3 is 0 Å². The van der Waals surface area contributed by atoms with Crippen molar-refractivity contribution >= 4 is 11.8 Å². The van der Waals surface area contributed by atoms with Gasteiger partial charge in [0, 0.05) is 45.1 Å². The minimum absolute atomic E-state index is 0.0325. The third kappa shape index (κ3) is 2.88. The van der Waals surface area contributed by atoms with Crippen LogP contribution in [0.2, 0.25) is 0 Å². The molecule has 22 heavy (non-hydrogen) atoms. The lowest BCUT2D eigenvalue weighted by atomic mass is 9.77. The summed E-state index contributed by atoms with van der Waals surface area (Å²) in [6.07, 6.45) is 3.85. The fourth-order valence-electron chi connectivity index (χ4n) is 3.46. The predicted octanol–water partition coefficient (Wildman–Crippen LogP) is 1.38. The number of carbonyl (C=O) groups is 2. The van der Waals surface area contributed by atoms with Crippen molar-refractivity contribution in [2.24, 2.45) is 5.41 Å². The summed E-state index contributed by atoms with van der Waals surface area (Å²) in [7, 11) is 1.65. The zero-order valence-electron chi connectivity index (χ0n) is 12.9. The van der Waals surface area contributed by atoms with Crippen molar-refractivity contribution in [1.82, 2.24) is 9.80 Å². The van der Waals surface area contributed by atoms with Crippen LogP contribution in [0.4, 0.5) is 0 Å². The normalized spacial score (nSPS) is 20.9. The molecule has 0 atom stereocenters. The summed E-state index contributed by atoms with van der Waals surface area (Å²) in [5.74, 6) is 0.545. The van der Waals surface area contributed by atoms with Crippen LogP contribution in [0.1, 0.15) is 29.8 Å². The molecule has 2 saturated heterocycles. The number of piperidine rings is 1. The maximum atomic E-state index is 12.3. The van der Waals surface area contributed by atoms with Crippen molar-refractivity contribution in [1.29, 1.82) is 0 Å². The van der Waals surface area contributed by atoms with E-state index < -0.39 is 0 Å². The summed E-state index contributed by atoms with van der Waals surface area (Å²) >= 11 is 0. The first-order valence-electron chi connectivity index (χ1n) is 7.73. The maximum Gasteiger partial charge on any atom is 0.289 e. The average molecular weight is 306 g/mol. The van der Waals surface area contributed by atoms with Crippen LogP contribution < -0.4 is 0 Å². The van der Waals surface area contributed by atoms with E-state index >= 15 is 0 Å². The largest absolute Gasteiger partial charge is 0.459 e. The molecular formula is C16H22N2O4. The molecule has 0 saturated carbocycles. The van der Waals surface area contributed by atoms with Crippen LogP contribution in [-0.2, 0) is 9.53 Å². The van der Waals surface area contributed by atoms with E-state index in [2.05, 4.69) is 0 Å². The lowest BCUT2D eigenvalue weighted by Gasteiger charge is -2.38. The topological polar surface area (TPSA) is 63.0 Å². The van der Waals surface area contributed by atoms with Crippen LogP contribution in [0, 0.1) is 5.41 Å². The number of carbonyl (C=O) groups excluding carboxylic acids is 2. The van der Waals surface area contributed by atoms with Crippen LogP contribution >= 0.6 is 0 Å². The Hall–Kier alpha value is -1.82. The lowest BCUT2D eigenvalue weighted by Crippen LogP contribution is -2.44. The maximum absolute atomic E-state index is 12.3. The van der Waals surface area contributed by atoms with Crippen LogP contribution in [0.3, 0.4) is 0 Å². The van der Waals surface area contributed by atoms with Gasteiger partial charge < -0.3 is 19.0 Å². The first-order valence-corrected chi connectivity index (χ1v) is 7.73. The van der Waals surface area contributed by atoms with E-state index in [1.54, 1.807) is 19.2 Å². The molecule has 0 N–H and O–H groups in total. The summed E-state index contributed by atoms with van der Waals surface area (Å²) in [5.41, 5.74) is 0.0325. The van der Waals surface area contributed by atoms with Gasteiger partial charge in [-0.3, -0.25) is 9.59 Å². The fourth-order valence-corrected chi connectivity index (χ4v) is 3.46. The molecule has 3 heterocycles. The van der Waals surface area contributed by atoms with Crippen LogP contribution in [-0.4, -0.2) is 61.5 Å². The van der Waals surface area contributed by atoms with Gasteiger partial charge in [-0.1, -0.05) is 0 Å². The molecule has 6 heteroatoms. The highest BCUT2D eigenvalue weighted by atomic mass is 16.5. The van der Waals surface area contributed by atoms with E-state index in [0.29, 0.717) is 38.4 Å².